The van der Waals surface area contributed by atoms with Crippen molar-refractivity contribution in [1.29, 1.82) is 0 Å². The van der Waals surface area contributed by atoms with E-state index in [0.717, 1.165) is 32.4 Å². The summed E-state index contributed by atoms with van der Waals surface area (Å²) in [6, 6.07) is 10.6. The van der Waals surface area contributed by atoms with Crippen molar-refractivity contribution in [2.45, 2.75) is 38.8 Å². The van der Waals surface area contributed by atoms with Gasteiger partial charge in [0.25, 0.3) is 0 Å². The van der Waals surface area contributed by atoms with Crippen LogP contribution in [0, 0.1) is 5.92 Å². The van der Waals surface area contributed by atoms with Gasteiger partial charge in [0.1, 0.15) is 6.33 Å². The molecule has 0 aliphatic carbocycles. The second-order valence-corrected chi connectivity index (χ2v) is 6.90. The number of likely N-dealkylation sites (tertiary alicyclic amines) is 1. The zero-order valence-corrected chi connectivity index (χ0v) is 15.1. The lowest BCUT2D eigenvalue weighted by molar-refractivity contribution is -0.126. The highest BCUT2D eigenvalue weighted by molar-refractivity contribution is 5.81. The Hall–Kier alpha value is -2.21. The molecule has 6 nitrogen and oxygen atoms in total. The molecular weight excluding hydrogens is 314 g/mol. The van der Waals surface area contributed by atoms with Crippen LogP contribution in [0.5, 0.6) is 0 Å². The number of aryl methyl sites for hydroxylation is 1. The van der Waals surface area contributed by atoms with Crippen molar-refractivity contribution in [1.82, 2.24) is 25.0 Å². The van der Waals surface area contributed by atoms with Gasteiger partial charge >= 0.3 is 0 Å². The predicted octanol–water partition coefficient (Wildman–Crippen LogP) is 1.77. The highest BCUT2D eigenvalue weighted by Crippen LogP contribution is 2.22. The fourth-order valence-corrected chi connectivity index (χ4v) is 3.44. The number of benzene rings is 1. The first-order chi connectivity index (χ1) is 12.1. The van der Waals surface area contributed by atoms with E-state index in [0.29, 0.717) is 18.3 Å². The number of hydrogen-bond donors (Lipinski definition) is 1. The highest BCUT2D eigenvalue weighted by Gasteiger charge is 2.26. The van der Waals surface area contributed by atoms with Gasteiger partial charge in [-0.2, -0.15) is 5.10 Å². The van der Waals surface area contributed by atoms with Crippen LogP contribution >= 0.6 is 0 Å². The van der Waals surface area contributed by atoms with E-state index in [-0.39, 0.29) is 11.9 Å². The van der Waals surface area contributed by atoms with Crippen LogP contribution in [-0.4, -0.2) is 44.7 Å². The Bertz CT molecular complexity index is 676. The minimum atomic E-state index is -0.110. The maximum Gasteiger partial charge on any atom is 0.237 e. The Balaban J connectivity index is 1.42. The number of piperidine rings is 1. The normalized spacial score (nSPS) is 17.4. The van der Waals surface area contributed by atoms with Gasteiger partial charge in [0.05, 0.1) is 12.6 Å². The Morgan fingerprint density at radius 2 is 2.00 bits per heavy atom. The van der Waals surface area contributed by atoms with Crippen LogP contribution in [-0.2, 0) is 24.8 Å². The van der Waals surface area contributed by atoms with Gasteiger partial charge in [-0.3, -0.25) is 14.4 Å². The molecule has 1 N–H and O–H groups in total. The first-order valence-electron chi connectivity index (χ1n) is 9.02. The molecule has 3 rings (SSSR count). The maximum absolute atomic E-state index is 12.4. The number of hydrogen-bond acceptors (Lipinski definition) is 4. The predicted molar refractivity (Wildman–Crippen MR) is 96.8 cm³/mol. The van der Waals surface area contributed by atoms with Crippen molar-refractivity contribution >= 4 is 5.91 Å². The summed E-state index contributed by atoms with van der Waals surface area (Å²) in [6.45, 7) is 4.33. The summed E-state index contributed by atoms with van der Waals surface area (Å²) in [7, 11) is 1.82. The quantitative estimate of drug-likeness (QED) is 0.870. The van der Waals surface area contributed by atoms with Gasteiger partial charge in [0.15, 0.2) is 5.82 Å². The van der Waals surface area contributed by atoms with Crippen LogP contribution in [0.15, 0.2) is 36.7 Å². The Morgan fingerprint density at radius 3 is 2.64 bits per heavy atom. The zero-order chi connectivity index (χ0) is 17.6. The van der Waals surface area contributed by atoms with Crippen molar-refractivity contribution in [2.75, 3.05) is 13.1 Å². The third kappa shape index (κ3) is 4.89. The summed E-state index contributed by atoms with van der Waals surface area (Å²) >= 11 is 0. The van der Waals surface area contributed by atoms with Crippen LogP contribution in [0.25, 0.3) is 0 Å². The number of carbonyl (C=O) groups excluding carboxylic acids is 1. The summed E-state index contributed by atoms with van der Waals surface area (Å²) < 4.78 is 1.64. The lowest BCUT2D eigenvalue weighted by Crippen LogP contribution is -2.48. The number of nitrogens with zero attached hydrogens (tertiary/aromatic N) is 4. The van der Waals surface area contributed by atoms with E-state index in [9.17, 15) is 4.79 Å². The number of aromatic nitrogens is 3. The summed E-state index contributed by atoms with van der Waals surface area (Å²) in [5.41, 5.74) is 1.41. The Morgan fingerprint density at radius 1 is 1.28 bits per heavy atom. The van der Waals surface area contributed by atoms with E-state index >= 15 is 0 Å². The molecule has 2 heterocycles. The average Bonchev–Trinajstić information content (AvgIpc) is 3.06. The van der Waals surface area contributed by atoms with Gasteiger partial charge in [0.2, 0.25) is 5.91 Å². The van der Waals surface area contributed by atoms with Crippen molar-refractivity contribution < 1.29 is 4.79 Å². The SMILES string of the molecule is C[C@@H](C(=O)NCc1ncn(C)n1)N1CCC(Cc2ccccc2)CC1. The van der Waals surface area contributed by atoms with Crippen molar-refractivity contribution in [3.05, 3.63) is 48.0 Å². The number of rotatable bonds is 6. The fraction of sp³-hybridized carbons (Fsp3) is 0.526. The second-order valence-electron chi connectivity index (χ2n) is 6.90. The minimum absolute atomic E-state index is 0.0500. The lowest BCUT2D eigenvalue weighted by atomic mass is 9.89. The van der Waals surface area contributed by atoms with E-state index in [1.807, 2.05) is 14.0 Å². The Kier molecular flexibility index (Phi) is 5.81. The summed E-state index contributed by atoms with van der Waals surface area (Å²) in [6.07, 6.45) is 5.08. The molecule has 0 unspecified atom stereocenters. The van der Waals surface area contributed by atoms with Gasteiger partial charge in [-0.1, -0.05) is 30.3 Å². The zero-order valence-electron chi connectivity index (χ0n) is 15.1. The second kappa shape index (κ2) is 8.25. The number of nitrogens with one attached hydrogen (secondary N) is 1. The monoisotopic (exact) mass is 341 g/mol. The molecule has 25 heavy (non-hydrogen) atoms. The minimum Gasteiger partial charge on any atom is -0.347 e. The molecule has 6 heteroatoms. The molecule has 1 aliphatic rings. The third-order valence-corrected chi connectivity index (χ3v) is 5.01. The summed E-state index contributed by atoms with van der Waals surface area (Å²) in [5.74, 6) is 1.41. The summed E-state index contributed by atoms with van der Waals surface area (Å²) in [4.78, 5) is 18.8. The average molecular weight is 341 g/mol. The molecule has 1 aromatic carbocycles. The molecule has 134 valence electrons. The first kappa shape index (κ1) is 17.6. The van der Waals surface area contributed by atoms with Crippen molar-refractivity contribution in [3.8, 4) is 0 Å². The number of carbonyl (C=O) groups is 1. The highest BCUT2D eigenvalue weighted by atomic mass is 16.2. The largest absolute Gasteiger partial charge is 0.347 e. The van der Waals surface area contributed by atoms with E-state index in [2.05, 4.69) is 50.6 Å². The van der Waals surface area contributed by atoms with E-state index in [4.69, 9.17) is 0 Å². The molecule has 1 saturated heterocycles. The smallest absolute Gasteiger partial charge is 0.237 e. The molecular formula is C19H27N5O. The molecule has 0 radical (unpaired) electrons. The molecule has 0 spiro atoms. The summed E-state index contributed by atoms with van der Waals surface area (Å²) in [5, 5.41) is 7.12. The molecule has 0 saturated carbocycles. The fourth-order valence-electron chi connectivity index (χ4n) is 3.44. The van der Waals surface area contributed by atoms with Crippen LogP contribution < -0.4 is 5.32 Å². The molecule has 1 aromatic heterocycles. The van der Waals surface area contributed by atoms with Gasteiger partial charge in [-0.05, 0) is 50.8 Å². The van der Waals surface area contributed by atoms with Gasteiger partial charge in [0, 0.05) is 7.05 Å². The van der Waals surface area contributed by atoms with Gasteiger partial charge in [-0.15, -0.1) is 0 Å². The van der Waals surface area contributed by atoms with E-state index < -0.39 is 0 Å². The van der Waals surface area contributed by atoms with E-state index in [1.165, 1.54) is 5.56 Å². The molecule has 1 fully saturated rings. The maximum atomic E-state index is 12.4. The van der Waals surface area contributed by atoms with Gasteiger partial charge in [-0.25, -0.2) is 4.98 Å². The molecule has 1 aliphatic heterocycles. The lowest BCUT2D eigenvalue weighted by Gasteiger charge is -2.35. The van der Waals surface area contributed by atoms with E-state index in [1.54, 1.807) is 11.0 Å². The number of amides is 1. The van der Waals surface area contributed by atoms with Crippen LogP contribution in [0.2, 0.25) is 0 Å². The van der Waals surface area contributed by atoms with Crippen LogP contribution in [0.3, 0.4) is 0 Å². The van der Waals surface area contributed by atoms with Crippen molar-refractivity contribution in [3.63, 3.8) is 0 Å². The standard InChI is InChI=1S/C19H27N5O/c1-15(19(25)20-13-18-21-14-23(2)22-18)24-10-8-17(9-11-24)12-16-6-4-3-5-7-16/h3-7,14-15,17H,8-13H2,1-2H3,(H,20,25)/t15-/m0/s1. The topological polar surface area (TPSA) is 63.1 Å². The molecule has 2 aromatic rings. The Labute approximate surface area is 149 Å². The molecule has 1 atom stereocenters. The first-order valence-corrected chi connectivity index (χ1v) is 9.02. The third-order valence-electron chi connectivity index (χ3n) is 5.01. The van der Waals surface area contributed by atoms with Crippen molar-refractivity contribution in [2.24, 2.45) is 13.0 Å². The molecule has 1 amide bonds. The van der Waals surface area contributed by atoms with Crippen LogP contribution in [0.4, 0.5) is 0 Å². The van der Waals surface area contributed by atoms with Gasteiger partial charge < -0.3 is 5.32 Å². The molecule has 0 bridgehead atoms. The van der Waals surface area contributed by atoms with Crippen LogP contribution in [0.1, 0.15) is 31.2 Å².